The lowest BCUT2D eigenvalue weighted by molar-refractivity contribution is -0.384. The van der Waals surface area contributed by atoms with E-state index in [2.05, 4.69) is 10.0 Å². The van der Waals surface area contributed by atoms with Gasteiger partial charge in [0.2, 0.25) is 0 Å². The van der Waals surface area contributed by atoms with Gasteiger partial charge in [0.1, 0.15) is 23.0 Å². The molecule has 38 heavy (non-hydrogen) atoms. The molecule has 0 aliphatic rings. The average Bonchev–Trinajstić information content (AvgIpc) is 2.91. The van der Waals surface area contributed by atoms with Crippen molar-refractivity contribution in [1.82, 2.24) is 0 Å². The van der Waals surface area contributed by atoms with Gasteiger partial charge >= 0.3 is 0 Å². The van der Waals surface area contributed by atoms with Gasteiger partial charge in [-0.15, -0.1) is 0 Å². The van der Waals surface area contributed by atoms with Crippen LogP contribution in [0.4, 0.5) is 17.1 Å². The smallest absolute Gasteiger partial charge is 0.269 e. The summed E-state index contributed by atoms with van der Waals surface area (Å²) in [7, 11) is 1.72. The van der Waals surface area contributed by atoms with Gasteiger partial charge in [-0.1, -0.05) is 0 Å². The third kappa shape index (κ3) is 6.70. The Hall–Kier alpha value is -4.78. The van der Waals surface area contributed by atoms with Crippen molar-refractivity contribution in [3.63, 3.8) is 0 Å². The molecule has 13 heteroatoms. The molecule has 0 aromatic heterocycles. The van der Waals surface area contributed by atoms with Crippen LogP contribution in [0.1, 0.15) is 15.9 Å². The van der Waals surface area contributed by atoms with Crippen LogP contribution in [0.15, 0.2) is 60.0 Å². The van der Waals surface area contributed by atoms with Crippen molar-refractivity contribution in [2.45, 2.75) is 0 Å². The highest BCUT2D eigenvalue weighted by Crippen LogP contribution is 2.35. The summed E-state index contributed by atoms with van der Waals surface area (Å²) in [5, 5.41) is 14.4. The first-order valence-electron chi connectivity index (χ1n) is 10.9. The van der Waals surface area contributed by atoms with Crippen LogP contribution in [-0.4, -0.2) is 47.7 Å². The zero-order valence-corrected chi connectivity index (χ0v) is 21.7. The Morgan fingerprint density at radius 1 is 0.868 bits per heavy atom. The van der Waals surface area contributed by atoms with E-state index in [1.54, 1.807) is 12.1 Å². The van der Waals surface area contributed by atoms with Crippen LogP contribution in [0.2, 0.25) is 0 Å². The molecule has 3 aromatic carbocycles. The van der Waals surface area contributed by atoms with Crippen LogP contribution in [-0.2, 0) is 10.0 Å². The molecular formula is C25H25N3O9S. The summed E-state index contributed by atoms with van der Waals surface area (Å²) in [6, 6.07) is 12.5. The Bertz CT molecular complexity index is 1440. The molecule has 0 aliphatic carbocycles. The lowest BCUT2D eigenvalue weighted by Crippen LogP contribution is -2.14. The van der Waals surface area contributed by atoms with Crippen molar-refractivity contribution >= 4 is 39.1 Å². The minimum absolute atomic E-state index is 0.142. The maximum Gasteiger partial charge on any atom is 0.269 e. The molecule has 0 heterocycles. The van der Waals surface area contributed by atoms with E-state index in [1.165, 1.54) is 77.0 Å². The van der Waals surface area contributed by atoms with Crippen molar-refractivity contribution in [3.05, 3.63) is 81.2 Å². The van der Waals surface area contributed by atoms with Gasteiger partial charge in [0.25, 0.3) is 21.6 Å². The highest BCUT2D eigenvalue weighted by atomic mass is 32.2. The monoisotopic (exact) mass is 543 g/mol. The largest absolute Gasteiger partial charge is 0.496 e. The molecular weight excluding hydrogens is 518 g/mol. The van der Waals surface area contributed by atoms with E-state index in [1.807, 2.05) is 0 Å². The zero-order chi connectivity index (χ0) is 27.9. The van der Waals surface area contributed by atoms with Gasteiger partial charge in [-0.05, 0) is 36.4 Å². The molecule has 0 radical (unpaired) electrons. The number of carbonyl (C=O) groups excluding carboxylic acids is 1. The van der Waals surface area contributed by atoms with Crippen LogP contribution < -0.4 is 29.0 Å². The Morgan fingerprint density at radius 2 is 1.47 bits per heavy atom. The van der Waals surface area contributed by atoms with E-state index in [-0.39, 0.29) is 28.4 Å². The average molecular weight is 544 g/mol. The number of nitrogens with zero attached hydrogens (tertiary/aromatic N) is 1. The summed E-state index contributed by atoms with van der Waals surface area (Å²) in [5.74, 6) is 0.850. The second kappa shape index (κ2) is 12.0. The van der Waals surface area contributed by atoms with E-state index < -0.39 is 20.9 Å². The fourth-order valence-corrected chi connectivity index (χ4v) is 4.19. The zero-order valence-electron chi connectivity index (χ0n) is 20.9. The van der Waals surface area contributed by atoms with Crippen molar-refractivity contribution in [2.75, 3.05) is 38.5 Å². The standard InChI is InChI=1S/C25H25N3O9S/c1-34-19-14-23(36-3)20(24(15-19)37-4)11-12-38(32,33)27-17-7-10-22(35-2)21(13-17)26-25(29)16-5-8-18(9-6-16)28(30)31/h5-15,27H,1-4H3,(H,26,29). The van der Waals surface area contributed by atoms with Crippen molar-refractivity contribution in [3.8, 4) is 23.0 Å². The van der Waals surface area contributed by atoms with Gasteiger partial charge in [-0.2, -0.15) is 0 Å². The Morgan fingerprint density at radius 3 is 2.00 bits per heavy atom. The maximum atomic E-state index is 12.8. The maximum absolute atomic E-state index is 12.8. The van der Waals surface area contributed by atoms with E-state index in [4.69, 9.17) is 18.9 Å². The van der Waals surface area contributed by atoms with Crippen LogP contribution in [0.25, 0.3) is 6.08 Å². The van der Waals surface area contributed by atoms with Gasteiger partial charge in [-0.25, -0.2) is 8.42 Å². The number of benzene rings is 3. The summed E-state index contributed by atoms with van der Waals surface area (Å²) >= 11 is 0. The molecule has 12 nitrogen and oxygen atoms in total. The predicted octanol–water partition coefficient (Wildman–Crippen LogP) is 4.29. The minimum Gasteiger partial charge on any atom is -0.496 e. The van der Waals surface area contributed by atoms with Gasteiger partial charge in [-0.3, -0.25) is 19.6 Å². The topological polar surface area (TPSA) is 155 Å². The lowest BCUT2D eigenvalue weighted by Gasteiger charge is -2.14. The summed E-state index contributed by atoms with van der Waals surface area (Å²) in [4.78, 5) is 22.9. The van der Waals surface area contributed by atoms with Crippen molar-refractivity contribution in [1.29, 1.82) is 0 Å². The quantitative estimate of drug-likeness (QED) is 0.266. The number of rotatable bonds is 11. The number of amides is 1. The summed E-state index contributed by atoms with van der Waals surface area (Å²) in [6.07, 6.45) is 1.32. The fourth-order valence-electron chi connectivity index (χ4n) is 3.35. The Balaban J connectivity index is 1.84. The first kappa shape index (κ1) is 27.8. The fraction of sp³-hybridized carbons (Fsp3) is 0.160. The van der Waals surface area contributed by atoms with Crippen LogP contribution in [0.5, 0.6) is 23.0 Å². The summed E-state index contributed by atoms with van der Waals surface area (Å²) in [5.41, 5.74) is 0.705. The van der Waals surface area contributed by atoms with Gasteiger partial charge in [0.05, 0.1) is 55.7 Å². The number of non-ortho nitro benzene ring substituents is 1. The molecule has 0 bridgehead atoms. The van der Waals surface area contributed by atoms with E-state index in [9.17, 15) is 23.3 Å². The van der Waals surface area contributed by atoms with Crippen molar-refractivity contribution in [2.24, 2.45) is 0 Å². The third-order valence-corrected chi connectivity index (χ3v) is 6.23. The molecule has 200 valence electrons. The number of anilines is 2. The molecule has 2 N–H and O–H groups in total. The van der Waals surface area contributed by atoms with E-state index in [0.717, 1.165) is 5.41 Å². The minimum atomic E-state index is -4.02. The van der Waals surface area contributed by atoms with Crippen molar-refractivity contribution < 1.29 is 37.1 Å². The SMILES string of the molecule is COc1cc(OC)c(C=CS(=O)(=O)Nc2ccc(OC)c(NC(=O)c3ccc([N+](=O)[O-])cc3)c2)c(OC)c1. The van der Waals surface area contributed by atoms with Crippen LogP contribution in [0.3, 0.4) is 0 Å². The highest BCUT2D eigenvalue weighted by molar-refractivity contribution is 7.95. The second-order valence-corrected chi connectivity index (χ2v) is 9.13. The van der Waals surface area contributed by atoms with Gasteiger partial charge in [0.15, 0.2) is 0 Å². The van der Waals surface area contributed by atoms with Gasteiger partial charge in [0, 0.05) is 29.8 Å². The highest BCUT2D eigenvalue weighted by Gasteiger charge is 2.16. The Kier molecular flexibility index (Phi) is 8.76. The summed E-state index contributed by atoms with van der Waals surface area (Å²) < 4.78 is 49.2. The number of nitro groups is 1. The molecule has 0 spiro atoms. The second-order valence-electron chi connectivity index (χ2n) is 7.57. The van der Waals surface area contributed by atoms with E-state index in [0.29, 0.717) is 22.8 Å². The van der Waals surface area contributed by atoms with Crippen LogP contribution in [0, 0.1) is 10.1 Å². The first-order chi connectivity index (χ1) is 18.1. The number of ether oxygens (including phenoxy) is 4. The number of sulfonamides is 1. The Labute approximate surface area is 219 Å². The molecule has 0 saturated carbocycles. The first-order valence-corrected chi connectivity index (χ1v) is 12.4. The number of carbonyl (C=O) groups is 1. The number of hydrogen-bond acceptors (Lipinski definition) is 9. The number of methoxy groups -OCH3 is 4. The molecule has 0 aliphatic heterocycles. The summed E-state index contributed by atoms with van der Waals surface area (Å²) in [6.45, 7) is 0. The number of nitro benzene ring substituents is 1. The number of nitrogens with one attached hydrogen (secondary N) is 2. The van der Waals surface area contributed by atoms with Gasteiger partial charge < -0.3 is 24.3 Å². The molecule has 0 fully saturated rings. The lowest BCUT2D eigenvalue weighted by atomic mass is 10.1. The van der Waals surface area contributed by atoms with Crippen LogP contribution >= 0.6 is 0 Å². The predicted molar refractivity (Wildman–Crippen MR) is 142 cm³/mol. The molecule has 3 aromatic rings. The third-order valence-electron chi connectivity index (χ3n) is 5.22. The molecule has 0 saturated heterocycles. The molecule has 0 unspecified atom stereocenters. The molecule has 1 amide bonds. The van der Waals surface area contributed by atoms with E-state index >= 15 is 0 Å². The molecule has 3 rings (SSSR count). The molecule has 0 atom stereocenters. The normalized spacial score (nSPS) is 11.1. The number of hydrogen-bond donors (Lipinski definition) is 2.